The fraction of sp³-hybridized carbons (Fsp3) is 0. The monoisotopic (exact) mass is 1230 g/mol. The van der Waals surface area contributed by atoms with E-state index < -0.39 is 0 Å². The number of thiophene rings is 2. The molecule has 16 aromatic rings. The highest BCUT2D eigenvalue weighted by atomic mass is 32.1. The van der Waals surface area contributed by atoms with Crippen LogP contribution in [0, 0.1) is 0 Å². The molecular weight excluding hydrogens is 1180 g/mol. The lowest BCUT2D eigenvalue weighted by atomic mass is 9.30. The van der Waals surface area contributed by atoms with Gasteiger partial charge >= 0.3 is 0 Å². The van der Waals surface area contributed by atoms with E-state index in [0.717, 1.165) is 108 Å². The third-order valence-corrected chi connectivity index (χ3v) is 21.8. The molecule has 14 aromatic carbocycles. The van der Waals surface area contributed by atoms with Crippen LogP contribution in [0.5, 0.6) is 11.5 Å². The molecule has 4 aliphatic heterocycles. The molecule has 0 aliphatic carbocycles. The molecule has 20 rings (SSSR count). The number of ether oxygens (including phenoxy) is 1. The molecule has 6 heterocycles. The van der Waals surface area contributed by atoms with E-state index >= 15 is 0 Å². The zero-order valence-electron chi connectivity index (χ0n) is 50.7. The lowest BCUT2D eigenvalue weighted by Crippen LogP contribution is -2.64. The highest BCUT2D eigenvalue weighted by Crippen LogP contribution is 2.54. The molecule has 4 aliphatic rings. The van der Waals surface area contributed by atoms with Crippen molar-refractivity contribution in [3.63, 3.8) is 0 Å². The second-order valence-electron chi connectivity index (χ2n) is 24.7. The van der Waals surface area contributed by atoms with Crippen LogP contribution in [-0.4, -0.2) is 13.4 Å². The van der Waals surface area contributed by atoms with Crippen LogP contribution in [-0.2, 0) is 0 Å². The van der Waals surface area contributed by atoms with E-state index in [1.807, 2.05) is 22.7 Å². The molecule has 10 heteroatoms. The molecule has 0 atom stereocenters. The minimum Gasteiger partial charge on any atom is -0.458 e. The third kappa shape index (κ3) is 7.97. The maximum atomic E-state index is 7.40. The van der Waals surface area contributed by atoms with Gasteiger partial charge in [-0.1, -0.05) is 182 Å². The average molecular weight is 1230 g/mol. The normalized spacial score (nSPS) is 13.1. The van der Waals surface area contributed by atoms with Crippen molar-refractivity contribution in [1.29, 1.82) is 0 Å². The first-order valence-corrected chi connectivity index (χ1v) is 33.8. The van der Waals surface area contributed by atoms with Crippen molar-refractivity contribution < 1.29 is 4.74 Å². The quantitative estimate of drug-likeness (QED) is 0.134. The molecule has 0 saturated carbocycles. The van der Waals surface area contributed by atoms with Crippen molar-refractivity contribution in [3.8, 4) is 11.5 Å². The molecule has 0 amide bonds. The fourth-order valence-corrected chi connectivity index (χ4v) is 18.1. The van der Waals surface area contributed by atoms with Gasteiger partial charge in [0.2, 0.25) is 0 Å². The Kier molecular flexibility index (Phi) is 11.9. The number of hydrogen-bond donors (Lipinski definition) is 0. The van der Waals surface area contributed by atoms with Gasteiger partial charge in [0.05, 0.1) is 22.7 Å². The zero-order valence-corrected chi connectivity index (χ0v) is 52.3. The summed E-state index contributed by atoms with van der Waals surface area (Å²) in [7, 11) is 0. The molecule has 0 N–H and O–H groups in total. The van der Waals surface area contributed by atoms with E-state index in [1.54, 1.807) is 0 Å². The molecule has 2 aromatic heterocycles. The van der Waals surface area contributed by atoms with Gasteiger partial charge in [0.15, 0.2) is 0 Å². The molecule has 438 valence electrons. The van der Waals surface area contributed by atoms with Gasteiger partial charge in [-0.2, -0.15) is 0 Å². The summed E-state index contributed by atoms with van der Waals surface area (Å²) in [4.78, 5) is 12.6. The van der Waals surface area contributed by atoms with Gasteiger partial charge < -0.3 is 29.2 Å². The molecule has 0 fully saturated rings. The molecule has 0 radical (unpaired) electrons. The Labute approximate surface area is 553 Å². The second kappa shape index (κ2) is 21.0. The average Bonchev–Trinajstić information content (AvgIpc) is 0.739. The number of fused-ring (bicyclic) bond motifs is 14. The van der Waals surface area contributed by atoms with Crippen molar-refractivity contribution in [1.82, 2.24) is 0 Å². The third-order valence-electron chi connectivity index (χ3n) is 19.6. The first-order chi connectivity index (χ1) is 46.7. The van der Waals surface area contributed by atoms with Crippen molar-refractivity contribution in [2.24, 2.45) is 0 Å². The van der Waals surface area contributed by atoms with E-state index in [9.17, 15) is 0 Å². The van der Waals surface area contributed by atoms with Gasteiger partial charge in [-0.25, -0.2) is 0 Å². The molecule has 0 unspecified atom stereocenters. The summed E-state index contributed by atoms with van der Waals surface area (Å²) in [6.07, 6.45) is 0. The number of benzene rings is 14. The minimum absolute atomic E-state index is 0.189. The van der Waals surface area contributed by atoms with Gasteiger partial charge in [-0.15, -0.1) is 22.7 Å². The Bertz CT molecular complexity index is 5690. The number of rotatable bonds is 9. The van der Waals surface area contributed by atoms with Gasteiger partial charge in [-0.3, -0.25) is 0 Å². The number of anilines is 15. The maximum Gasteiger partial charge on any atom is 0.256 e. The largest absolute Gasteiger partial charge is 0.458 e. The summed E-state index contributed by atoms with van der Waals surface area (Å²) in [5, 5.41) is 4.95. The lowest BCUT2D eigenvalue weighted by Gasteiger charge is -2.47. The second-order valence-corrected chi connectivity index (χ2v) is 26.8. The van der Waals surface area contributed by atoms with Gasteiger partial charge in [0, 0.05) is 109 Å². The Hall–Kier alpha value is -11.6. The van der Waals surface area contributed by atoms with E-state index in [-0.39, 0.29) is 13.4 Å². The smallest absolute Gasteiger partial charge is 0.256 e. The summed E-state index contributed by atoms with van der Waals surface area (Å²) in [6, 6.07) is 119. The van der Waals surface area contributed by atoms with Crippen molar-refractivity contribution in [2.45, 2.75) is 0 Å². The van der Waals surface area contributed by atoms with Gasteiger partial charge in [0.1, 0.15) is 11.5 Å². The highest BCUT2D eigenvalue weighted by molar-refractivity contribution is 7.26. The van der Waals surface area contributed by atoms with Crippen LogP contribution >= 0.6 is 22.7 Å². The lowest BCUT2D eigenvalue weighted by molar-refractivity contribution is 0.487. The Morgan fingerprint density at radius 1 is 0.266 bits per heavy atom. The maximum absolute atomic E-state index is 7.40. The van der Waals surface area contributed by atoms with Crippen LogP contribution in [0.25, 0.3) is 40.3 Å². The van der Waals surface area contributed by atoms with E-state index in [0.29, 0.717) is 0 Å². The fourth-order valence-electron chi connectivity index (χ4n) is 15.8. The van der Waals surface area contributed by atoms with Crippen LogP contribution < -0.4 is 62.0 Å². The summed E-state index contributed by atoms with van der Waals surface area (Å²) in [6.45, 7) is -0.393. The minimum atomic E-state index is -0.204. The molecular formula is C84H53B2N5OS2. The first kappa shape index (κ1) is 53.1. The molecule has 94 heavy (non-hydrogen) atoms. The van der Waals surface area contributed by atoms with Crippen LogP contribution in [0.4, 0.5) is 85.3 Å². The number of hydrogen-bond acceptors (Lipinski definition) is 8. The number of nitrogens with zero attached hydrogens (tertiary/aromatic N) is 5. The van der Waals surface area contributed by atoms with Crippen molar-refractivity contribution >= 4 is 195 Å². The van der Waals surface area contributed by atoms with E-state index in [2.05, 4.69) is 346 Å². The van der Waals surface area contributed by atoms with E-state index in [1.165, 1.54) is 62.2 Å². The van der Waals surface area contributed by atoms with Gasteiger partial charge in [0.25, 0.3) is 13.4 Å². The first-order valence-electron chi connectivity index (χ1n) is 32.1. The van der Waals surface area contributed by atoms with Crippen LogP contribution in [0.15, 0.2) is 322 Å². The topological polar surface area (TPSA) is 25.4 Å². The summed E-state index contributed by atoms with van der Waals surface area (Å²) in [5.41, 5.74) is 23.6. The molecule has 6 nitrogen and oxygen atoms in total. The summed E-state index contributed by atoms with van der Waals surface area (Å²) >= 11 is 3.71. The van der Waals surface area contributed by atoms with Gasteiger partial charge in [-0.05, 0) is 166 Å². The van der Waals surface area contributed by atoms with Crippen molar-refractivity contribution in [2.75, 3.05) is 24.5 Å². The molecule has 0 spiro atoms. The van der Waals surface area contributed by atoms with Crippen LogP contribution in [0.1, 0.15) is 0 Å². The Balaban J connectivity index is 0.918. The molecule has 0 bridgehead atoms. The highest BCUT2D eigenvalue weighted by Gasteiger charge is 2.49. The van der Waals surface area contributed by atoms with Crippen molar-refractivity contribution in [3.05, 3.63) is 322 Å². The van der Waals surface area contributed by atoms with E-state index in [4.69, 9.17) is 4.74 Å². The summed E-state index contributed by atoms with van der Waals surface area (Å²) in [5.74, 6) is 1.70. The van der Waals surface area contributed by atoms with Crippen LogP contribution in [0.2, 0.25) is 0 Å². The predicted molar refractivity (Wildman–Crippen MR) is 401 cm³/mol. The standard InChI is InChI=1S/C84H53B2N5OS2/c1-6-26-54(27-7-1)87(55-28-8-2-9-29-55)60-50-74-84-76(51-60)92-75-43-21-19-39-64(75)86(84)66-52-65-70(53-71(66)91(74)69-42-25-47-80-82(69)62-37-17-23-45-78(62)94-80)90(58-34-14-5-15-35-58)73-49-59(48-72-83(73)85(65)63-38-18-20-40-67(63)89(72)57-32-12-4-13-33-57)88(56-30-10-3-11-31-56)68-41-24-46-79-81(68)61-36-16-22-44-77(61)93-79/h1-53H. The predicted octanol–water partition coefficient (Wildman–Crippen LogP) is 19.8. The Morgan fingerprint density at radius 2 is 0.713 bits per heavy atom. The SMILES string of the molecule is c1ccc(N(c2ccccc2)c2cc3c4c(c2)N(c2cccc5sc6ccccc6c25)c2cc5c(cc2B4c2ccccc2O3)B2c3ccccc3N(c3ccccc3)c3cc(N(c4ccccc4)c4cccc6sc7ccccc7c46)cc(c32)N5c2ccccc2)cc1. The summed E-state index contributed by atoms with van der Waals surface area (Å²) < 4.78 is 12.4. The van der Waals surface area contributed by atoms with Crippen LogP contribution in [0.3, 0.4) is 0 Å². The molecule has 0 saturated heterocycles. The zero-order chi connectivity index (χ0) is 61.5. The Morgan fingerprint density at radius 3 is 1.35 bits per heavy atom. The number of para-hydroxylation sites is 7.